The van der Waals surface area contributed by atoms with Crippen LogP contribution in [0, 0.1) is 0 Å². The predicted octanol–water partition coefficient (Wildman–Crippen LogP) is 2.51. The van der Waals surface area contributed by atoms with Gasteiger partial charge in [-0.05, 0) is 44.0 Å². The first-order valence-corrected chi connectivity index (χ1v) is 7.76. The second-order valence-electron chi connectivity index (χ2n) is 5.47. The minimum atomic E-state index is 0.0967. The van der Waals surface area contributed by atoms with Crippen LogP contribution in [0.2, 0.25) is 0 Å². The zero-order valence-electron chi connectivity index (χ0n) is 12.8. The molecule has 2 heterocycles. The lowest BCUT2D eigenvalue weighted by atomic mass is 10.1. The van der Waals surface area contributed by atoms with E-state index in [4.69, 9.17) is 4.74 Å². The van der Waals surface area contributed by atoms with Gasteiger partial charge in [0.05, 0.1) is 19.0 Å². The summed E-state index contributed by atoms with van der Waals surface area (Å²) < 4.78 is 7.42. The Morgan fingerprint density at radius 3 is 2.86 bits per heavy atom. The molecular weight excluding hydrogens is 278 g/mol. The Kier molecular flexibility index (Phi) is 4.53. The number of carbonyl (C=O) groups excluding carboxylic acids is 1. The van der Waals surface area contributed by atoms with E-state index in [1.807, 2.05) is 46.9 Å². The van der Waals surface area contributed by atoms with Crippen molar-refractivity contribution in [3.05, 3.63) is 48.5 Å². The molecule has 0 spiro atoms. The smallest absolute Gasteiger partial charge is 0.254 e. The number of likely N-dealkylation sites (tertiary alicyclic amines) is 1. The minimum absolute atomic E-state index is 0.0967. The van der Waals surface area contributed by atoms with E-state index >= 15 is 0 Å². The summed E-state index contributed by atoms with van der Waals surface area (Å²) in [5.74, 6) is 0.0967. The maximum absolute atomic E-state index is 12.7. The molecule has 5 heteroatoms. The molecule has 116 valence electrons. The molecule has 1 aromatic heterocycles. The highest BCUT2D eigenvalue weighted by Crippen LogP contribution is 2.21. The second kappa shape index (κ2) is 6.75. The van der Waals surface area contributed by atoms with E-state index < -0.39 is 0 Å². The summed E-state index contributed by atoms with van der Waals surface area (Å²) >= 11 is 0. The summed E-state index contributed by atoms with van der Waals surface area (Å²) in [7, 11) is 0. The van der Waals surface area contributed by atoms with Crippen LogP contribution in [0.3, 0.4) is 0 Å². The van der Waals surface area contributed by atoms with E-state index in [-0.39, 0.29) is 11.9 Å². The zero-order valence-corrected chi connectivity index (χ0v) is 12.8. The molecule has 22 heavy (non-hydrogen) atoms. The van der Waals surface area contributed by atoms with Crippen molar-refractivity contribution in [1.29, 1.82) is 0 Å². The van der Waals surface area contributed by atoms with Crippen LogP contribution in [0.15, 0.2) is 43.0 Å². The lowest BCUT2D eigenvalue weighted by molar-refractivity contribution is 0.0564. The number of hydrogen-bond acceptors (Lipinski definition) is 3. The van der Waals surface area contributed by atoms with E-state index in [9.17, 15) is 4.79 Å². The van der Waals surface area contributed by atoms with Gasteiger partial charge < -0.3 is 14.2 Å². The van der Waals surface area contributed by atoms with Crippen molar-refractivity contribution in [1.82, 2.24) is 14.5 Å². The number of aromatic nitrogens is 2. The predicted molar refractivity (Wildman–Crippen MR) is 84.1 cm³/mol. The third-order valence-electron chi connectivity index (χ3n) is 4.07. The van der Waals surface area contributed by atoms with Crippen LogP contribution in [0.5, 0.6) is 0 Å². The quantitative estimate of drug-likeness (QED) is 0.852. The molecule has 0 saturated carbocycles. The fraction of sp³-hybridized carbons (Fsp3) is 0.412. The normalized spacial score (nSPS) is 17.9. The molecular formula is C17H21N3O2. The van der Waals surface area contributed by atoms with E-state index in [0.717, 1.165) is 30.6 Å². The average molecular weight is 299 g/mol. The monoisotopic (exact) mass is 299 g/mol. The Balaban J connectivity index is 1.72. The molecule has 0 N–H and O–H groups in total. The topological polar surface area (TPSA) is 47.4 Å². The average Bonchev–Trinajstić information content (AvgIpc) is 3.24. The number of carbonyl (C=O) groups is 1. The van der Waals surface area contributed by atoms with Gasteiger partial charge in [0.2, 0.25) is 0 Å². The van der Waals surface area contributed by atoms with Crippen LogP contribution in [0.25, 0.3) is 5.69 Å². The highest BCUT2D eigenvalue weighted by Gasteiger charge is 2.29. The fourth-order valence-electron chi connectivity index (χ4n) is 2.88. The van der Waals surface area contributed by atoms with E-state index in [1.165, 1.54) is 0 Å². The molecule has 1 aliphatic rings. The molecule has 1 fully saturated rings. The first kappa shape index (κ1) is 14.8. The third-order valence-corrected chi connectivity index (χ3v) is 4.07. The van der Waals surface area contributed by atoms with Crippen molar-refractivity contribution in [2.45, 2.75) is 25.8 Å². The Morgan fingerprint density at radius 2 is 2.18 bits per heavy atom. The lowest BCUT2D eigenvalue weighted by Gasteiger charge is -2.24. The molecule has 1 amide bonds. The number of nitrogens with zero attached hydrogens (tertiary/aromatic N) is 3. The van der Waals surface area contributed by atoms with E-state index in [1.54, 1.807) is 12.5 Å². The molecule has 1 aliphatic heterocycles. The van der Waals surface area contributed by atoms with Gasteiger partial charge in [-0.3, -0.25) is 4.79 Å². The Morgan fingerprint density at radius 1 is 1.36 bits per heavy atom. The van der Waals surface area contributed by atoms with Gasteiger partial charge in [0.15, 0.2) is 0 Å². The van der Waals surface area contributed by atoms with Crippen molar-refractivity contribution >= 4 is 5.91 Å². The van der Waals surface area contributed by atoms with Gasteiger partial charge in [-0.1, -0.05) is 0 Å². The van der Waals surface area contributed by atoms with E-state index in [2.05, 4.69) is 4.98 Å². The first-order valence-electron chi connectivity index (χ1n) is 7.76. The minimum Gasteiger partial charge on any atom is -0.380 e. The molecule has 0 bridgehead atoms. The number of benzene rings is 1. The lowest BCUT2D eigenvalue weighted by Crippen LogP contribution is -2.38. The van der Waals surface area contributed by atoms with Gasteiger partial charge >= 0.3 is 0 Å². The van der Waals surface area contributed by atoms with Crippen LogP contribution in [0.4, 0.5) is 0 Å². The van der Waals surface area contributed by atoms with Gasteiger partial charge in [-0.2, -0.15) is 0 Å². The Bertz CT molecular complexity index is 607. The number of imidazole rings is 1. The van der Waals surface area contributed by atoms with Crippen molar-refractivity contribution in [2.24, 2.45) is 0 Å². The van der Waals surface area contributed by atoms with Crippen molar-refractivity contribution in [3.8, 4) is 5.69 Å². The molecule has 0 unspecified atom stereocenters. The van der Waals surface area contributed by atoms with Crippen LogP contribution >= 0.6 is 0 Å². The Hall–Kier alpha value is -2.14. The van der Waals surface area contributed by atoms with Crippen LogP contribution in [-0.2, 0) is 4.74 Å². The summed E-state index contributed by atoms with van der Waals surface area (Å²) in [6, 6.07) is 7.87. The number of ether oxygens (including phenoxy) is 1. The number of hydrogen-bond donors (Lipinski definition) is 0. The van der Waals surface area contributed by atoms with Crippen molar-refractivity contribution in [3.63, 3.8) is 0 Å². The molecule has 3 rings (SSSR count). The van der Waals surface area contributed by atoms with Crippen LogP contribution in [0.1, 0.15) is 30.1 Å². The summed E-state index contributed by atoms with van der Waals surface area (Å²) in [5.41, 5.74) is 1.73. The summed E-state index contributed by atoms with van der Waals surface area (Å²) in [6.45, 7) is 4.13. The van der Waals surface area contributed by atoms with Gasteiger partial charge in [-0.25, -0.2) is 4.98 Å². The summed E-state index contributed by atoms with van der Waals surface area (Å²) in [5, 5.41) is 0. The standard InChI is InChI=1S/C17H21N3O2/c1-2-22-12-16-4-3-10-20(16)17(21)14-5-7-15(8-6-14)19-11-9-18-13-19/h5-9,11,13,16H,2-4,10,12H2,1H3/t16-/m0/s1. The first-order chi connectivity index (χ1) is 10.8. The maximum Gasteiger partial charge on any atom is 0.254 e. The number of amides is 1. The summed E-state index contributed by atoms with van der Waals surface area (Å²) in [4.78, 5) is 18.6. The molecule has 1 aromatic carbocycles. The largest absolute Gasteiger partial charge is 0.380 e. The molecule has 1 saturated heterocycles. The van der Waals surface area contributed by atoms with Crippen molar-refractivity contribution < 1.29 is 9.53 Å². The molecule has 1 atom stereocenters. The van der Waals surface area contributed by atoms with Crippen LogP contribution < -0.4 is 0 Å². The maximum atomic E-state index is 12.7. The van der Waals surface area contributed by atoms with Gasteiger partial charge in [0.25, 0.3) is 5.91 Å². The molecule has 0 aliphatic carbocycles. The molecule has 5 nitrogen and oxygen atoms in total. The highest BCUT2D eigenvalue weighted by molar-refractivity contribution is 5.94. The molecule has 2 aromatic rings. The van der Waals surface area contributed by atoms with E-state index in [0.29, 0.717) is 13.2 Å². The summed E-state index contributed by atoms with van der Waals surface area (Å²) in [6.07, 6.45) is 7.45. The fourth-order valence-corrected chi connectivity index (χ4v) is 2.88. The highest BCUT2D eigenvalue weighted by atomic mass is 16.5. The van der Waals surface area contributed by atoms with Gasteiger partial charge in [-0.15, -0.1) is 0 Å². The Labute approximate surface area is 130 Å². The van der Waals surface area contributed by atoms with Crippen LogP contribution in [-0.4, -0.2) is 46.2 Å². The van der Waals surface area contributed by atoms with Gasteiger partial charge in [0, 0.05) is 36.8 Å². The molecule has 0 radical (unpaired) electrons. The SMILES string of the molecule is CCOC[C@@H]1CCCN1C(=O)c1ccc(-n2ccnc2)cc1. The van der Waals surface area contributed by atoms with Gasteiger partial charge in [0.1, 0.15) is 0 Å². The third kappa shape index (κ3) is 3.04. The zero-order chi connectivity index (χ0) is 15.4. The van der Waals surface area contributed by atoms with Crippen molar-refractivity contribution in [2.75, 3.05) is 19.8 Å². The number of rotatable bonds is 5. The second-order valence-corrected chi connectivity index (χ2v) is 5.47.